The first-order valence-corrected chi connectivity index (χ1v) is 8.47. The number of benzene rings is 2. The highest BCUT2D eigenvalue weighted by Gasteiger charge is 2.10. The van der Waals surface area contributed by atoms with E-state index in [0.29, 0.717) is 11.3 Å². The van der Waals surface area contributed by atoms with Crippen molar-refractivity contribution in [1.82, 2.24) is 0 Å². The van der Waals surface area contributed by atoms with E-state index < -0.39 is 5.97 Å². The monoisotopic (exact) mass is 379 g/mol. The van der Waals surface area contributed by atoms with Gasteiger partial charge in [-0.25, -0.2) is 4.79 Å². The van der Waals surface area contributed by atoms with Gasteiger partial charge in [0.15, 0.2) is 6.61 Å². The maximum atomic E-state index is 11.8. The third kappa shape index (κ3) is 4.89. The summed E-state index contributed by atoms with van der Waals surface area (Å²) in [7, 11) is 0. The van der Waals surface area contributed by atoms with E-state index in [9.17, 15) is 9.59 Å². The van der Waals surface area contributed by atoms with Gasteiger partial charge in [0.2, 0.25) is 0 Å². The van der Waals surface area contributed by atoms with Gasteiger partial charge in [0.25, 0.3) is 5.91 Å². The zero-order chi connectivity index (χ0) is 15.9. The number of anilines is 1. The minimum Gasteiger partial charge on any atom is -0.452 e. The molecule has 2 aromatic rings. The minimum absolute atomic E-state index is 0.320. The molecule has 1 amide bonds. The van der Waals surface area contributed by atoms with Gasteiger partial charge in [-0.1, -0.05) is 15.9 Å². The van der Waals surface area contributed by atoms with Gasteiger partial charge in [-0.3, -0.25) is 4.79 Å². The fourth-order valence-corrected chi connectivity index (χ4v) is 2.34. The Bertz CT molecular complexity index is 656. The first kappa shape index (κ1) is 16.6. The Balaban J connectivity index is 1.84. The summed E-state index contributed by atoms with van der Waals surface area (Å²) in [6, 6.07) is 14.2. The average molecular weight is 380 g/mol. The van der Waals surface area contributed by atoms with Crippen molar-refractivity contribution in [3.63, 3.8) is 0 Å². The van der Waals surface area contributed by atoms with Gasteiger partial charge in [-0.2, -0.15) is 0 Å². The molecule has 22 heavy (non-hydrogen) atoms. The Morgan fingerprint density at radius 2 is 1.73 bits per heavy atom. The van der Waals surface area contributed by atoms with Crippen LogP contribution in [0, 0.1) is 0 Å². The van der Waals surface area contributed by atoms with E-state index in [0.717, 1.165) is 9.37 Å². The van der Waals surface area contributed by atoms with Crippen LogP contribution in [0.4, 0.5) is 5.69 Å². The fourth-order valence-electron chi connectivity index (χ4n) is 1.67. The van der Waals surface area contributed by atoms with E-state index in [2.05, 4.69) is 21.2 Å². The lowest BCUT2D eigenvalue weighted by atomic mass is 10.2. The highest BCUT2D eigenvalue weighted by Crippen LogP contribution is 2.17. The van der Waals surface area contributed by atoms with Gasteiger partial charge in [0.05, 0.1) is 5.56 Å². The number of hydrogen-bond acceptors (Lipinski definition) is 4. The van der Waals surface area contributed by atoms with E-state index in [1.807, 2.05) is 18.4 Å². The SMILES string of the molecule is CSc1ccc(NC(=O)COC(=O)c2ccc(Br)cc2)cc1. The second kappa shape index (κ2) is 8.00. The summed E-state index contributed by atoms with van der Waals surface area (Å²) in [5.41, 5.74) is 1.07. The molecule has 114 valence electrons. The molecule has 0 aliphatic rings. The highest BCUT2D eigenvalue weighted by atomic mass is 79.9. The van der Waals surface area contributed by atoms with Crippen LogP contribution in [0.15, 0.2) is 57.9 Å². The average Bonchev–Trinajstić information content (AvgIpc) is 2.54. The van der Waals surface area contributed by atoms with Gasteiger partial charge in [0, 0.05) is 15.1 Å². The van der Waals surface area contributed by atoms with E-state index in [4.69, 9.17) is 4.74 Å². The predicted molar refractivity (Wildman–Crippen MR) is 91.3 cm³/mol. The van der Waals surface area contributed by atoms with Crippen LogP contribution in [0.3, 0.4) is 0 Å². The van der Waals surface area contributed by atoms with Gasteiger partial charge < -0.3 is 10.1 Å². The summed E-state index contributed by atoms with van der Waals surface area (Å²) in [6.45, 7) is -0.320. The van der Waals surface area contributed by atoms with E-state index in [1.54, 1.807) is 48.2 Å². The largest absolute Gasteiger partial charge is 0.452 e. The van der Waals surface area contributed by atoms with E-state index >= 15 is 0 Å². The van der Waals surface area contributed by atoms with Crippen LogP contribution in [0.1, 0.15) is 10.4 Å². The maximum Gasteiger partial charge on any atom is 0.338 e. The van der Waals surface area contributed by atoms with Crippen molar-refractivity contribution in [2.45, 2.75) is 4.90 Å². The summed E-state index contributed by atoms with van der Waals surface area (Å²) in [5.74, 6) is -0.900. The molecule has 0 heterocycles. The van der Waals surface area contributed by atoms with Crippen molar-refractivity contribution < 1.29 is 14.3 Å². The Hall–Kier alpha value is -1.79. The maximum absolute atomic E-state index is 11.8. The number of thioether (sulfide) groups is 1. The summed E-state index contributed by atoms with van der Waals surface area (Å²) in [6.07, 6.45) is 1.98. The molecule has 4 nitrogen and oxygen atoms in total. The number of esters is 1. The number of carbonyl (C=O) groups excluding carboxylic acids is 2. The predicted octanol–water partition coefficient (Wildman–Crippen LogP) is 3.97. The first-order chi connectivity index (χ1) is 10.6. The molecule has 0 aliphatic heterocycles. The highest BCUT2D eigenvalue weighted by molar-refractivity contribution is 9.10. The van der Waals surface area contributed by atoms with Crippen LogP contribution in [0.5, 0.6) is 0 Å². The van der Waals surface area contributed by atoms with E-state index in [1.165, 1.54) is 0 Å². The summed E-state index contributed by atoms with van der Waals surface area (Å²) in [4.78, 5) is 24.6. The van der Waals surface area contributed by atoms with Crippen LogP contribution in [0.25, 0.3) is 0 Å². The Labute approximate surface area is 141 Å². The van der Waals surface area contributed by atoms with Gasteiger partial charge in [-0.05, 0) is 54.8 Å². The molecule has 0 radical (unpaired) electrons. The van der Waals surface area contributed by atoms with Crippen molar-refractivity contribution in [1.29, 1.82) is 0 Å². The zero-order valence-electron chi connectivity index (χ0n) is 11.8. The topological polar surface area (TPSA) is 55.4 Å². The second-order valence-electron chi connectivity index (χ2n) is 4.36. The molecule has 2 rings (SSSR count). The summed E-state index contributed by atoms with van der Waals surface area (Å²) < 4.78 is 5.85. The molecule has 0 spiro atoms. The van der Waals surface area contributed by atoms with E-state index in [-0.39, 0.29) is 12.5 Å². The van der Waals surface area contributed by atoms with Crippen molar-refractivity contribution in [3.8, 4) is 0 Å². The zero-order valence-corrected chi connectivity index (χ0v) is 14.2. The van der Waals surface area contributed by atoms with Crippen LogP contribution >= 0.6 is 27.7 Å². The standard InChI is InChI=1S/C16H14BrNO3S/c1-22-14-8-6-13(7-9-14)18-15(19)10-21-16(20)11-2-4-12(17)5-3-11/h2-9H,10H2,1H3,(H,18,19). The quantitative estimate of drug-likeness (QED) is 0.630. The van der Waals surface area contributed by atoms with Gasteiger partial charge in [-0.15, -0.1) is 11.8 Å². The molecule has 0 unspecified atom stereocenters. The molecule has 0 aromatic heterocycles. The molecule has 0 atom stereocenters. The minimum atomic E-state index is -0.527. The lowest BCUT2D eigenvalue weighted by Gasteiger charge is -2.07. The lowest BCUT2D eigenvalue weighted by molar-refractivity contribution is -0.119. The Morgan fingerprint density at radius 1 is 1.09 bits per heavy atom. The molecule has 0 aliphatic carbocycles. The molecule has 6 heteroatoms. The number of ether oxygens (including phenoxy) is 1. The molecule has 0 saturated carbocycles. The Kier molecular flexibility index (Phi) is 6.03. The number of carbonyl (C=O) groups is 2. The fraction of sp³-hybridized carbons (Fsp3) is 0.125. The summed E-state index contributed by atoms with van der Waals surface area (Å²) >= 11 is 4.91. The lowest BCUT2D eigenvalue weighted by Crippen LogP contribution is -2.20. The van der Waals surface area contributed by atoms with Crippen LogP contribution < -0.4 is 5.32 Å². The van der Waals surface area contributed by atoms with Crippen molar-refractivity contribution in [2.75, 3.05) is 18.2 Å². The number of hydrogen-bond donors (Lipinski definition) is 1. The molecule has 0 fully saturated rings. The van der Waals surface area contributed by atoms with Crippen molar-refractivity contribution in [3.05, 3.63) is 58.6 Å². The molecule has 1 N–H and O–H groups in total. The molecule has 2 aromatic carbocycles. The second-order valence-corrected chi connectivity index (χ2v) is 6.16. The third-order valence-electron chi connectivity index (χ3n) is 2.79. The normalized spacial score (nSPS) is 10.1. The Morgan fingerprint density at radius 3 is 2.32 bits per heavy atom. The van der Waals surface area contributed by atoms with Crippen LogP contribution in [0.2, 0.25) is 0 Å². The molecular weight excluding hydrogens is 366 g/mol. The number of nitrogens with one attached hydrogen (secondary N) is 1. The van der Waals surface area contributed by atoms with Crippen LogP contribution in [-0.2, 0) is 9.53 Å². The van der Waals surface area contributed by atoms with Crippen molar-refractivity contribution in [2.24, 2.45) is 0 Å². The van der Waals surface area contributed by atoms with Crippen LogP contribution in [-0.4, -0.2) is 24.7 Å². The molecule has 0 bridgehead atoms. The molecule has 0 saturated heterocycles. The number of amides is 1. The number of rotatable bonds is 5. The van der Waals surface area contributed by atoms with Crippen molar-refractivity contribution >= 4 is 45.3 Å². The smallest absolute Gasteiger partial charge is 0.338 e. The van der Waals surface area contributed by atoms with Gasteiger partial charge >= 0.3 is 5.97 Å². The summed E-state index contributed by atoms with van der Waals surface area (Å²) in [5, 5.41) is 2.68. The third-order valence-corrected chi connectivity index (χ3v) is 4.06. The first-order valence-electron chi connectivity index (χ1n) is 6.45. The number of halogens is 1. The van der Waals surface area contributed by atoms with Gasteiger partial charge in [0.1, 0.15) is 0 Å². The molecular formula is C16H14BrNO3S.